The molecule has 2 aromatic carbocycles. The molecular weight excluding hydrogens is 436 g/mol. The van der Waals surface area contributed by atoms with E-state index in [1.54, 1.807) is 25.3 Å². The zero-order valence-corrected chi connectivity index (χ0v) is 17.9. The van der Waals surface area contributed by atoms with Crippen LogP contribution in [0.3, 0.4) is 0 Å². The van der Waals surface area contributed by atoms with E-state index in [9.17, 15) is 14.7 Å². The molecule has 3 N–H and O–H groups in total. The molecule has 3 atom stereocenters. The highest BCUT2D eigenvalue weighted by molar-refractivity contribution is 9.10. The van der Waals surface area contributed by atoms with Gasteiger partial charge >= 0.3 is 0 Å². The SMILES string of the molecule is COc1ccc2c(c1)CC(C)CC2NC(=O)C1(O)CC(=O)Nc2ccc(Br)cc21. The average molecular weight is 459 g/mol. The van der Waals surface area contributed by atoms with Crippen molar-refractivity contribution in [2.75, 3.05) is 12.4 Å². The van der Waals surface area contributed by atoms with Crippen LogP contribution in [0, 0.1) is 5.92 Å². The maximum Gasteiger partial charge on any atom is 0.257 e. The number of hydrogen-bond acceptors (Lipinski definition) is 4. The molecule has 4 rings (SSSR count). The number of fused-ring (bicyclic) bond motifs is 2. The molecule has 7 heteroatoms. The largest absolute Gasteiger partial charge is 0.497 e. The fourth-order valence-corrected chi connectivity index (χ4v) is 4.68. The monoisotopic (exact) mass is 458 g/mol. The predicted molar refractivity (Wildman–Crippen MR) is 113 cm³/mol. The minimum atomic E-state index is -1.92. The lowest BCUT2D eigenvalue weighted by atomic mass is 9.80. The summed E-state index contributed by atoms with van der Waals surface area (Å²) in [5.74, 6) is 0.196. The molecule has 152 valence electrons. The van der Waals surface area contributed by atoms with Gasteiger partial charge in [0.1, 0.15) is 5.75 Å². The van der Waals surface area contributed by atoms with E-state index in [-0.39, 0.29) is 18.4 Å². The van der Waals surface area contributed by atoms with Gasteiger partial charge in [0.25, 0.3) is 5.91 Å². The topological polar surface area (TPSA) is 87.7 Å². The number of halogens is 1. The third-order valence-corrected chi connectivity index (χ3v) is 6.22. The standard InChI is InChI=1S/C22H23BrN2O4/c1-12-7-13-9-15(29-2)4-5-16(13)19(8-12)25-21(27)22(28)11-20(26)24-18-6-3-14(23)10-17(18)22/h3-6,9-10,12,19,28H,7-8,11H2,1-2H3,(H,24,26)(H,25,27). The van der Waals surface area contributed by atoms with Crippen molar-refractivity contribution in [3.8, 4) is 5.75 Å². The minimum absolute atomic E-state index is 0.239. The van der Waals surface area contributed by atoms with Crippen molar-refractivity contribution in [2.24, 2.45) is 5.92 Å². The highest BCUT2D eigenvalue weighted by Gasteiger charge is 2.46. The number of aliphatic hydroxyl groups is 1. The van der Waals surface area contributed by atoms with Gasteiger partial charge in [-0.2, -0.15) is 0 Å². The lowest BCUT2D eigenvalue weighted by Gasteiger charge is -2.36. The van der Waals surface area contributed by atoms with Crippen molar-refractivity contribution in [3.05, 3.63) is 57.6 Å². The fourth-order valence-electron chi connectivity index (χ4n) is 4.32. The second kappa shape index (κ2) is 7.46. The molecule has 6 nitrogen and oxygen atoms in total. The van der Waals surface area contributed by atoms with Crippen molar-refractivity contribution >= 4 is 33.4 Å². The molecule has 0 saturated heterocycles. The first kappa shape index (κ1) is 19.9. The van der Waals surface area contributed by atoms with Gasteiger partial charge in [0.05, 0.1) is 19.6 Å². The van der Waals surface area contributed by atoms with Crippen LogP contribution in [-0.4, -0.2) is 24.0 Å². The summed E-state index contributed by atoms with van der Waals surface area (Å²) in [5.41, 5.74) is 1.07. The van der Waals surface area contributed by atoms with Crippen LogP contribution in [0.4, 0.5) is 5.69 Å². The van der Waals surface area contributed by atoms with E-state index in [1.807, 2.05) is 18.2 Å². The molecule has 1 heterocycles. The van der Waals surface area contributed by atoms with Gasteiger partial charge in [-0.1, -0.05) is 28.9 Å². The number of anilines is 1. The zero-order chi connectivity index (χ0) is 20.8. The van der Waals surface area contributed by atoms with Crippen LogP contribution >= 0.6 is 15.9 Å². The van der Waals surface area contributed by atoms with E-state index in [0.29, 0.717) is 17.2 Å². The number of nitrogens with one attached hydrogen (secondary N) is 2. The van der Waals surface area contributed by atoms with Gasteiger partial charge in [-0.3, -0.25) is 9.59 Å². The molecule has 0 saturated carbocycles. The molecule has 0 fully saturated rings. The number of hydrogen-bond donors (Lipinski definition) is 3. The highest BCUT2D eigenvalue weighted by atomic mass is 79.9. The van der Waals surface area contributed by atoms with Crippen LogP contribution in [0.1, 0.15) is 42.5 Å². The first-order chi connectivity index (χ1) is 13.8. The van der Waals surface area contributed by atoms with Crippen molar-refractivity contribution in [3.63, 3.8) is 0 Å². The molecule has 3 unspecified atom stereocenters. The number of benzene rings is 2. The summed E-state index contributed by atoms with van der Waals surface area (Å²) in [4.78, 5) is 25.4. The van der Waals surface area contributed by atoms with Gasteiger partial charge in [0.15, 0.2) is 5.60 Å². The molecule has 0 radical (unpaired) electrons. The molecular formula is C22H23BrN2O4. The van der Waals surface area contributed by atoms with Crippen LogP contribution in [0.5, 0.6) is 5.75 Å². The molecule has 2 aromatic rings. The van der Waals surface area contributed by atoms with Gasteiger partial charge < -0.3 is 20.5 Å². The van der Waals surface area contributed by atoms with Gasteiger partial charge in [-0.15, -0.1) is 0 Å². The second-order valence-corrected chi connectivity index (χ2v) is 8.83. The number of carbonyl (C=O) groups excluding carboxylic acids is 2. The fraction of sp³-hybridized carbons (Fsp3) is 0.364. The van der Waals surface area contributed by atoms with E-state index in [0.717, 1.165) is 34.2 Å². The van der Waals surface area contributed by atoms with Crippen molar-refractivity contribution < 1.29 is 19.4 Å². The van der Waals surface area contributed by atoms with Crippen LogP contribution < -0.4 is 15.4 Å². The molecule has 0 bridgehead atoms. The summed E-state index contributed by atoms with van der Waals surface area (Å²) in [5, 5.41) is 17.0. The number of carbonyl (C=O) groups is 2. The zero-order valence-electron chi connectivity index (χ0n) is 16.3. The predicted octanol–water partition coefficient (Wildman–Crippen LogP) is 3.43. The number of rotatable bonds is 3. The number of methoxy groups -OCH3 is 1. The van der Waals surface area contributed by atoms with Gasteiger partial charge in [0, 0.05) is 15.7 Å². The third kappa shape index (κ3) is 3.65. The van der Waals surface area contributed by atoms with Crippen LogP contribution in [0.2, 0.25) is 0 Å². The summed E-state index contributed by atoms with van der Waals surface area (Å²) in [6.07, 6.45) is 1.35. The van der Waals surface area contributed by atoms with E-state index < -0.39 is 11.5 Å². The lowest BCUT2D eigenvalue weighted by Crippen LogP contribution is -2.50. The molecule has 2 amide bonds. The Morgan fingerprint density at radius 1 is 1.31 bits per heavy atom. The van der Waals surface area contributed by atoms with Gasteiger partial charge in [-0.05, 0) is 60.2 Å². The summed E-state index contributed by atoms with van der Waals surface area (Å²) >= 11 is 3.38. The molecule has 0 aromatic heterocycles. The summed E-state index contributed by atoms with van der Waals surface area (Å²) in [6.45, 7) is 2.14. The molecule has 1 aliphatic heterocycles. The van der Waals surface area contributed by atoms with Crippen LogP contribution in [-0.2, 0) is 21.6 Å². The van der Waals surface area contributed by atoms with Crippen LogP contribution in [0.15, 0.2) is 40.9 Å². The van der Waals surface area contributed by atoms with E-state index >= 15 is 0 Å². The third-order valence-electron chi connectivity index (χ3n) is 5.73. The Morgan fingerprint density at radius 2 is 2.10 bits per heavy atom. The summed E-state index contributed by atoms with van der Waals surface area (Å²) in [6, 6.07) is 10.7. The first-order valence-electron chi connectivity index (χ1n) is 9.60. The Hall–Kier alpha value is -2.38. The Balaban J connectivity index is 1.67. The van der Waals surface area contributed by atoms with E-state index in [2.05, 4.69) is 33.5 Å². The molecule has 0 spiro atoms. The lowest BCUT2D eigenvalue weighted by molar-refractivity contribution is -0.146. The maximum atomic E-state index is 13.3. The number of ether oxygens (including phenoxy) is 1. The maximum absolute atomic E-state index is 13.3. The molecule has 29 heavy (non-hydrogen) atoms. The van der Waals surface area contributed by atoms with Crippen molar-refractivity contribution in [1.29, 1.82) is 0 Å². The minimum Gasteiger partial charge on any atom is -0.497 e. The van der Waals surface area contributed by atoms with Gasteiger partial charge in [0.2, 0.25) is 5.91 Å². The second-order valence-electron chi connectivity index (χ2n) is 7.91. The van der Waals surface area contributed by atoms with E-state index in [1.165, 1.54) is 0 Å². The quantitative estimate of drug-likeness (QED) is 0.657. The van der Waals surface area contributed by atoms with Crippen LogP contribution in [0.25, 0.3) is 0 Å². The average Bonchev–Trinajstić information content (AvgIpc) is 2.67. The molecule has 2 aliphatic rings. The Morgan fingerprint density at radius 3 is 2.86 bits per heavy atom. The Kier molecular flexibility index (Phi) is 5.12. The van der Waals surface area contributed by atoms with E-state index in [4.69, 9.17) is 4.74 Å². The highest BCUT2D eigenvalue weighted by Crippen LogP contribution is 2.40. The summed E-state index contributed by atoms with van der Waals surface area (Å²) in [7, 11) is 1.63. The molecule has 1 aliphatic carbocycles. The van der Waals surface area contributed by atoms with Crippen molar-refractivity contribution in [1.82, 2.24) is 5.32 Å². The van der Waals surface area contributed by atoms with Crippen molar-refractivity contribution in [2.45, 2.75) is 37.8 Å². The Bertz CT molecular complexity index is 993. The number of amides is 2. The Labute approximate surface area is 177 Å². The smallest absolute Gasteiger partial charge is 0.257 e. The first-order valence-corrected chi connectivity index (χ1v) is 10.4. The normalized spacial score (nSPS) is 25.4. The van der Waals surface area contributed by atoms with Gasteiger partial charge in [-0.25, -0.2) is 0 Å². The summed E-state index contributed by atoms with van der Waals surface area (Å²) < 4.78 is 6.05.